The van der Waals surface area contributed by atoms with E-state index in [0.29, 0.717) is 0 Å². The molecule has 2 atom stereocenters. The van der Waals surface area contributed by atoms with E-state index in [-0.39, 0.29) is 5.66 Å². The molecule has 4 nitrogen and oxygen atoms in total. The van der Waals surface area contributed by atoms with Crippen molar-refractivity contribution in [3.05, 3.63) is 0 Å². The van der Waals surface area contributed by atoms with Gasteiger partial charge in [-0.3, -0.25) is 0 Å². The summed E-state index contributed by atoms with van der Waals surface area (Å²) in [6.45, 7) is 3.80. The van der Waals surface area contributed by atoms with Gasteiger partial charge in [0.15, 0.2) is 5.66 Å². The molecule has 0 fully saturated rings. The minimum absolute atomic E-state index is 0.0185. The summed E-state index contributed by atoms with van der Waals surface area (Å²) >= 11 is 0. The van der Waals surface area contributed by atoms with Crippen LogP contribution in [0.1, 0.15) is 26.7 Å². The van der Waals surface area contributed by atoms with Gasteiger partial charge in [-0.15, -0.1) is 0 Å². The molecule has 0 aromatic carbocycles. The average molecular weight is 178 g/mol. The van der Waals surface area contributed by atoms with E-state index in [1.54, 1.807) is 6.92 Å². The Morgan fingerprint density at radius 3 is 2.18 bits per heavy atom. The Balaban J connectivity index is 0. The van der Waals surface area contributed by atoms with Gasteiger partial charge in [-0.25, -0.2) is 10.2 Å². The number of rotatable bonds is 3. The molecule has 0 saturated heterocycles. The van der Waals surface area contributed by atoms with Crippen LogP contribution in [0.4, 0.5) is 0 Å². The maximum absolute atomic E-state index is 10.2. The molecule has 5 heteroatoms. The normalized spacial score (nSPS) is 12.1. The van der Waals surface area contributed by atoms with Crippen molar-refractivity contribution >= 4 is 14.1 Å². The predicted molar refractivity (Wildman–Crippen MR) is 42.6 cm³/mol. The zero-order chi connectivity index (χ0) is 9.28. The third-order valence-electron chi connectivity index (χ3n) is 1.08. The van der Waals surface area contributed by atoms with Crippen LogP contribution in [0.3, 0.4) is 0 Å². The van der Waals surface area contributed by atoms with Crippen molar-refractivity contribution in [2.45, 2.75) is 32.3 Å². The third-order valence-corrected chi connectivity index (χ3v) is 2.10. The van der Waals surface area contributed by atoms with Crippen LogP contribution in [0.15, 0.2) is 0 Å². The summed E-state index contributed by atoms with van der Waals surface area (Å²) in [6.07, 6.45) is 2.59. The van der Waals surface area contributed by atoms with Gasteiger partial charge in [0.05, 0.1) is 0 Å². The van der Waals surface area contributed by atoms with Gasteiger partial charge >= 0.3 is 8.03 Å². The second-order valence-corrected chi connectivity index (χ2v) is 3.53. The molecule has 0 rings (SSSR count). The van der Waals surface area contributed by atoms with Gasteiger partial charge in [-0.2, -0.15) is 4.89 Å². The van der Waals surface area contributed by atoms with Crippen molar-refractivity contribution in [3.8, 4) is 0 Å². The molecule has 0 bridgehead atoms. The first kappa shape index (κ1) is 13.1. The Hall–Kier alpha value is -0.560. The zero-order valence-corrected chi connectivity index (χ0v) is 7.60. The second kappa shape index (κ2) is 9.44. The highest BCUT2D eigenvalue weighted by Crippen LogP contribution is 2.24. The van der Waals surface area contributed by atoms with Crippen LogP contribution in [0.2, 0.25) is 0 Å². The number of hydrogen-bond acceptors (Lipinski definition) is 3. The fourth-order valence-corrected chi connectivity index (χ4v) is 1.01. The first-order chi connectivity index (χ1) is 5.09. The molecule has 0 saturated carbocycles. The van der Waals surface area contributed by atoms with Crippen LogP contribution in [0.25, 0.3) is 0 Å². The van der Waals surface area contributed by atoms with Crippen LogP contribution in [-0.4, -0.2) is 16.6 Å². The average Bonchev–Trinajstić information content (AvgIpc) is 1.90. The van der Waals surface area contributed by atoms with Crippen LogP contribution >= 0.6 is 8.03 Å². The van der Waals surface area contributed by atoms with E-state index in [4.69, 9.17) is 15.1 Å². The fourth-order valence-electron chi connectivity index (χ4n) is 0.528. The van der Waals surface area contributed by atoms with Crippen LogP contribution in [0, 0.1) is 5.41 Å². The summed E-state index contributed by atoms with van der Waals surface area (Å²) in [7, 11) is -1.92. The van der Waals surface area contributed by atoms with E-state index in [1.807, 2.05) is 6.92 Å². The minimum atomic E-state index is -1.92. The molecule has 0 aliphatic heterocycles. The molecule has 2 N–H and O–H groups in total. The number of isocyanates is 1. The molecule has 0 aliphatic rings. The summed E-state index contributed by atoms with van der Waals surface area (Å²) in [6, 6.07) is 0. The fraction of sp³-hybridized carbons (Fsp3) is 0.833. The third kappa shape index (κ3) is 12.6. The number of carbonyl (C=O) groups excluding carboxylic acids is 1. The topological polar surface area (TPSA) is 78.2 Å². The van der Waals surface area contributed by atoms with Gasteiger partial charge in [0.2, 0.25) is 6.08 Å². The lowest BCUT2D eigenvalue weighted by Gasteiger charge is -1.89. The Morgan fingerprint density at radius 1 is 1.73 bits per heavy atom. The molecule has 0 aliphatic carbocycles. The molecular formula is C6H13NO3P+. The molecule has 0 heterocycles. The van der Waals surface area contributed by atoms with Crippen LogP contribution in [-0.2, 0) is 9.36 Å². The van der Waals surface area contributed by atoms with Gasteiger partial charge in [0.1, 0.15) is 0 Å². The Kier molecular flexibility index (Phi) is 11.2. The van der Waals surface area contributed by atoms with Gasteiger partial charge in [-0.1, -0.05) is 13.3 Å². The van der Waals surface area contributed by atoms with Crippen molar-refractivity contribution in [2.24, 2.45) is 0 Å². The van der Waals surface area contributed by atoms with E-state index >= 15 is 0 Å². The summed E-state index contributed by atoms with van der Waals surface area (Å²) in [5.74, 6) is 0. The van der Waals surface area contributed by atoms with E-state index in [2.05, 4.69) is 0 Å². The quantitative estimate of drug-likeness (QED) is 0.393. The highest BCUT2D eigenvalue weighted by atomic mass is 31.1. The highest BCUT2D eigenvalue weighted by molar-refractivity contribution is 7.38. The zero-order valence-electron chi connectivity index (χ0n) is 6.70. The molecule has 0 radical (unpaired) electrons. The van der Waals surface area contributed by atoms with Gasteiger partial charge in [0, 0.05) is 0 Å². The summed E-state index contributed by atoms with van der Waals surface area (Å²) in [5.41, 5.74) is -0.0185. The smallest absolute Gasteiger partial charge is 0.222 e. The molecule has 11 heavy (non-hydrogen) atoms. The minimum Gasteiger partial charge on any atom is -0.222 e. The molecule has 2 unspecified atom stereocenters. The molecule has 0 amide bonds. The van der Waals surface area contributed by atoms with Crippen LogP contribution in [0.5, 0.6) is 0 Å². The van der Waals surface area contributed by atoms with E-state index in [0.717, 1.165) is 18.9 Å². The first-order valence-corrected chi connectivity index (χ1v) is 4.57. The molecule has 0 spiro atoms. The monoisotopic (exact) mass is 178 g/mol. The SMILES string of the molecule is CCCC(C)[P+](=O)O.N=C=O. The second-order valence-electron chi connectivity index (χ2n) is 2.04. The molecule has 0 aromatic heterocycles. The van der Waals surface area contributed by atoms with Crippen molar-refractivity contribution in [3.63, 3.8) is 0 Å². The van der Waals surface area contributed by atoms with Crippen molar-refractivity contribution in [1.29, 1.82) is 5.41 Å². The van der Waals surface area contributed by atoms with E-state index < -0.39 is 8.03 Å². The summed E-state index contributed by atoms with van der Waals surface area (Å²) < 4.78 is 10.2. The van der Waals surface area contributed by atoms with Crippen LogP contribution < -0.4 is 0 Å². The molecule has 64 valence electrons. The molecule has 0 aromatic rings. The maximum atomic E-state index is 10.2. The lowest BCUT2D eigenvalue weighted by Crippen LogP contribution is -1.92. The van der Waals surface area contributed by atoms with E-state index in [9.17, 15) is 4.57 Å². The van der Waals surface area contributed by atoms with Crippen molar-refractivity contribution in [2.75, 3.05) is 0 Å². The lowest BCUT2D eigenvalue weighted by molar-refractivity contribution is 0.487. The predicted octanol–water partition coefficient (Wildman–Crippen LogP) is 1.81. The Labute approximate surface area is 67.0 Å². The van der Waals surface area contributed by atoms with Gasteiger partial charge in [0.25, 0.3) is 0 Å². The Bertz CT molecular complexity index is 143. The first-order valence-electron chi connectivity index (χ1n) is 3.29. The molecular weight excluding hydrogens is 165 g/mol. The highest BCUT2D eigenvalue weighted by Gasteiger charge is 2.20. The van der Waals surface area contributed by atoms with Crippen molar-refractivity contribution < 1.29 is 14.3 Å². The standard InChI is InChI=1S/C5H11O2P.CHNO/c1-3-4-5(2)8(6)7;2-1-3/h5H,3-4H2,1-2H3;2H/p+1. The van der Waals surface area contributed by atoms with Crippen molar-refractivity contribution in [1.82, 2.24) is 0 Å². The van der Waals surface area contributed by atoms with Gasteiger partial charge < -0.3 is 0 Å². The van der Waals surface area contributed by atoms with Gasteiger partial charge in [-0.05, 0) is 17.9 Å². The largest absolute Gasteiger partial charge is 0.508 e. The summed E-state index contributed by atoms with van der Waals surface area (Å²) in [5, 5.41) is 5.40. The number of nitrogens with one attached hydrogen (secondary N) is 1. The maximum Gasteiger partial charge on any atom is 0.508 e. The summed E-state index contributed by atoms with van der Waals surface area (Å²) in [4.78, 5) is 16.8. The van der Waals surface area contributed by atoms with E-state index in [1.165, 1.54) is 0 Å². The lowest BCUT2D eigenvalue weighted by atomic mass is 10.3. The number of hydrogen-bond donors (Lipinski definition) is 2. The Morgan fingerprint density at radius 2 is 2.09 bits per heavy atom.